The normalized spacial score (nSPS) is 11.4. The Morgan fingerprint density at radius 2 is 2.08 bits per heavy atom. The van der Waals surface area contributed by atoms with Crippen LogP contribution in [0.15, 0.2) is 23.4 Å². The highest BCUT2D eigenvalue weighted by atomic mass is 16.5. The lowest BCUT2D eigenvalue weighted by molar-refractivity contribution is 0.0600. The van der Waals surface area contributed by atoms with Gasteiger partial charge in [-0.15, -0.1) is 10.2 Å². The Morgan fingerprint density at radius 1 is 1.31 bits per heavy atom. The second kappa shape index (κ2) is 7.11. The summed E-state index contributed by atoms with van der Waals surface area (Å²) in [6.07, 6.45) is 3.06. The van der Waals surface area contributed by atoms with Crippen molar-refractivity contribution in [3.63, 3.8) is 0 Å². The van der Waals surface area contributed by atoms with E-state index in [0.717, 1.165) is 0 Å². The number of esters is 1. The summed E-state index contributed by atoms with van der Waals surface area (Å²) in [5.41, 5.74) is 1.23. The number of imidazole rings is 1. The minimum Gasteiger partial charge on any atom is -0.465 e. The fraction of sp³-hybridized carbons (Fsp3) is 0.471. The van der Waals surface area contributed by atoms with E-state index >= 15 is 0 Å². The molecule has 0 amide bonds. The van der Waals surface area contributed by atoms with Crippen molar-refractivity contribution in [2.24, 2.45) is 5.92 Å². The highest BCUT2D eigenvalue weighted by Gasteiger charge is 2.19. The molecule has 3 aromatic heterocycles. The first-order valence-electron chi connectivity index (χ1n) is 8.50. The summed E-state index contributed by atoms with van der Waals surface area (Å²) in [4.78, 5) is 29.2. The van der Waals surface area contributed by atoms with Crippen molar-refractivity contribution < 1.29 is 9.53 Å². The average molecular weight is 358 g/mol. The summed E-state index contributed by atoms with van der Waals surface area (Å²) in [7, 11) is 1.31. The Morgan fingerprint density at radius 3 is 2.73 bits per heavy atom. The number of fused-ring (bicyclic) bond motifs is 1. The largest absolute Gasteiger partial charge is 0.465 e. The third-order valence-corrected chi connectivity index (χ3v) is 4.16. The molecule has 0 spiro atoms. The molecule has 0 aliphatic heterocycles. The zero-order valence-corrected chi connectivity index (χ0v) is 15.3. The van der Waals surface area contributed by atoms with Gasteiger partial charge in [0.1, 0.15) is 6.33 Å². The van der Waals surface area contributed by atoms with Gasteiger partial charge < -0.3 is 9.30 Å². The lowest BCUT2D eigenvalue weighted by Crippen LogP contribution is -2.27. The van der Waals surface area contributed by atoms with E-state index in [0.29, 0.717) is 35.6 Å². The number of carbonyl (C=O) groups excluding carboxylic acids is 1. The molecule has 0 aromatic carbocycles. The molecule has 0 aliphatic rings. The van der Waals surface area contributed by atoms with E-state index < -0.39 is 5.97 Å². The predicted octanol–water partition coefficient (Wildman–Crippen LogP) is 1.30. The highest BCUT2D eigenvalue weighted by Crippen LogP contribution is 2.16. The molecule has 3 rings (SSSR count). The fourth-order valence-corrected chi connectivity index (χ4v) is 2.91. The quantitative estimate of drug-likeness (QED) is 0.616. The van der Waals surface area contributed by atoms with Crippen LogP contribution in [-0.4, -0.2) is 42.0 Å². The maximum Gasteiger partial charge on any atom is 0.339 e. The van der Waals surface area contributed by atoms with Crippen LogP contribution in [0.25, 0.3) is 11.2 Å². The van der Waals surface area contributed by atoms with E-state index in [-0.39, 0.29) is 18.2 Å². The van der Waals surface area contributed by atoms with Crippen molar-refractivity contribution in [3.05, 3.63) is 40.5 Å². The third kappa shape index (κ3) is 3.12. The molecule has 3 heterocycles. The van der Waals surface area contributed by atoms with Gasteiger partial charge in [-0.25, -0.2) is 14.6 Å². The number of hydrogen-bond donors (Lipinski definition) is 0. The third-order valence-electron chi connectivity index (χ3n) is 4.16. The number of methoxy groups -OCH3 is 1. The minimum atomic E-state index is -0.494. The number of nitrogens with zero attached hydrogens (tertiary/aromatic N) is 6. The van der Waals surface area contributed by atoms with Crippen molar-refractivity contribution in [2.45, 2.75) is 40.4 Å². The van der Waals surface area contributed by atoms with Crippen molar-refractivity contribution in [1.29, 1.82) is 0 Å². The van der Waals surface area contributed by atoms with Gasteiger partial charge in [-0.3, -0.25) is 9.13 Å². The van der Waals surface area contributed by atoms with Gasteiger partial charge in [0.2, 0.25) is 0 Å². The molecule has 9 heteroatoms. The highest BCUT2D eigenvalue weighted by molar-refractivity contribution is 5.92. The van der Waals surface area contributed by atoms with Gasteiger partial charge in [0.15, 0.2) is 11.5 Å². The van der Waals surface area contributed by atoms with Crippen molar-refractivity contribution in [2.75, 3.05) is 7.11 Å². The van der Waals surface area contributed by atoms with Crippen molar-refractivity contribution in [3.8, 4) is 0 Å². The Kier molecular flexibility index (Phi) is 4.88. The molecule has 0 bridgehead atoms. The second-order valence-corrected chi connectivity index (χ2v) is 6.46. The number of aromatic nitrogens is 6. The zero-order chi connectivity index (χ0) is 18.8. The fourth-order valence-electron chi connectivity index (χ4n) is 2.91. The van der Waals surface area contributed by atoms with Crippen LogP contribution in [0.4, 0.5) is 0 Å². The summed E-state index contributed by atoms with van der Waals surface area (Å²) >= 11 is 0. The summed E-state index contributed by atoms with van der Waals surface area (Å²) in [5, 5.41) is 8.02. The maximum atomic E-state index is 13.0. The molecule has 0 unspecified atom stereocenters. The summed E-state index contributed by atoms with van der Waals surface area (Å²) in [5.74, 6) is 0.446. The minimum absolute atomic E-state index is 0.186. The Labute approximate surface area is 150 Å². The standard InChI is InChI=1S/C17H22N6O3/c1-5-21-10-19-20-14(21)9-22-13-6-12(16(24)26-4)7-18-15(13)23(17(22)25)8-11(2)3/h6-7,10-11H,5,8-9H2,1-4H3. The van der Waals surface area contributed by atoms with E-state index in [4.69, 9.17) is 4.74 Å². The van der Waals surface area contributed by atoms with Crippen LogP contribution in [-0.2, 0) is 24.4 Å². The first-order valence-corrected chi connectivity index (χ1v) is 8.50. The smallest absolute Gasteiger partial charge is 0.339 e. The van der Waals surface area contributed by atoms with Crippen LogP contribution in [0, 0.1) is 5.92 Å². The molecule has 9 nitrogen and oxygen atoms in total. The number of aryl methyl sites for hydroxylation is 1. The molecule has 26 heavy (non-hydrogen) atoms. The molecule has 0 atom stereocenters. The Balaban J connectivity index is 2.19. The summed E-state index contributed by atoms with van der Waals surface area (Å²) in [6, 6.07) is 1.64. The van der Waals surface area contributed by atoms with E-state index in [1.54, 1.807) is 21.5 Å². The number of carbonyl (C=O) groups is 1. The van der Waals surface area contributed by atoms with Crippen LogP contribution in [0.1, 0.15) is 37.0 Å². The Hall–Kier alpha value is -2.97. The van der Waals surface area contributed by atoms with Crippen LogP contribution < -0.4 is 5.69 Å². The molecule has 0 N–H and O–H groups in total. The zero-order valence-electron chi connectivity index (χ0n) is 15.3. The number of pyridine rings is 1. The van der Waals surface area contributed by atoms with Gasteiger partial charge in [0.25, 0.3) is 0 Å². The van der Waals surface area contributed by atoms with E-state index in [1.165, 1.54) is 13.3 Å². The topological polar surface area (TPSA) is 96.8 Å². The molecular weight excluding hydrogens is 336 g/mol. The van der Waals surface area contributed by atoms with Gasteiger partial charge in [-0.05, 0) is 18.9 Å². The molecule has 138 valence electrons. The van der Waals surface area contributed by atoms with Crippen LogP contribution in [0.3, 0.4) is 0 Å². The first kappa shape index (κ1) is 17.8. The number of ether oxygens (including phenoxy) is 1. The van der Waals surface area contributed by atoms with E-state index in [1.807, 2.05) is 25.3 Å². The van der Waals surface area contributed by atoms with Crippen LogP contribution in [0.5, 0.6) is 0 Å². The lowest BCUT2D eigenvalue weighted by Gasteiger charge is -2.05. The van der Waals surface area contributed by atoms with Crippen molar-refractivity contribution >= 4 is 17.1 Å². The van der Waals surface area contributed by atoms with E-state index in [9.17, 15) is 9.59 Å². The first-order chi connectivity index (χ1) is 12.5. The predicted molar refractivity (Wildman–Crippen MR) is 95.0 cm³/mol. The van der Waals surface area contributed by atoms with Gasteiger partial charge in [0.05, 0.1) is 24.7 Å². The molecule has 0 aliphatic carbocycles. The molecule has 0 fully saturated rings. The van der Waals surface area contributed by atoms with Gasteiger partial charge in [-0.1, -0.05) is 13.8 Å². The summed E-state index contributed by atoms with van der Waals surface area (Å²) in [6.45, 7) is 7.54. The molecule has 0 saturated heterocycles. The van der Waals surface area contributed by atoms with Gasteiger partial charge in [0, 0.05) is 19.3 Å². The molecule has 0 radical (unpaired) electrons. The maximum absolute atomic E-state index is 13.0. The molecule has 3 aromatic rings. The number of rotatable bonds is 6. The van der Waals surface area contributed by atoms with E-state index in [2.05, 4.69) is 15.2 Å². The number of hydrogen-bond acceptors (Lipinski definition) is 6. The summed E-state index contributed by atoms with van der Waals surface area (Å²) < 4.78 is 9.85. The average Bonchev–Trinajstić information content (AvgIpc) is 3.18. The van der Waals surface area contributed by atoms with Gasteiger partial charge in [-0.2, -0.15) is 0 Å². The molecule has 0 saturated carbocycles. The second-order valence-electron chi connectivity index (χ2n) is 6.46. The van der Waals surface area contributed by atoms with Crippen LogP contribution in [0.2, 0.25) is 0 Å². The SMILES string of the molecule is CCn1cnnc1Cn1c(=O)n(CC(C)C)c2ncc(C(=O)OC)cc21. The lowest BCUT2D eigenvalue weighted by atomic mass is 10.2. The Bertz CT molecular complexity index is 998. The van der Waals surface area contributed by atoms with Crippen LogP contribution >= 0.6 is 0 Å². The monoisotopic (exact) mass is 358 g/mol. The van der Waals surface area contributed by atoms with Gasteiger partial charge >= 0.3 is 11.7 Å². The van der Waals surface area contributed by atoms with Crippen molar-refractivity contribution in [1.82, 2.24) is 28.9 Å². The molecular formula is C17H22N6O3.